The van der Waals surface area contributed by atoms with Crippen molar-refractivity contribution in [3.63, 3.8) is 0 Å². The lowest BCUT2D eigenvalue weighted by Gasteiger charge is -2.14. The first kappa shape index (κ1) is 8.02. The Hall–Kier alpha value is 0.400. The number of aliphatic hydroxyl groups excluding tert-OH is 1. The van der Waals surface area contributed by atoms with Gasteiger partial charge in [-0.05, 0) is 25.8 Å². The highest BCUT2D eigenvalue weighted by Gasteiger charge is 2.65. The summed E-state index contributed by atoms with van der Waals surface area (Å²) in [6.07, 6.45) is 3.51. The summed E-state index contributed by atoms with van der Waals surface area (Å²) in [5.74, 6) is 0. The van der Waals surface area contributed by atoms with Crippen LogP contribution >= 0.6 is 15.9 Å². The van der Waals surface area contributed by atoms with Gasteiger partial charge in [0.2, 0.25) is 0 Å². The summed E-state index contributed by atoms with van der Waals surface area (Å²) in [6.45, 7) is 2.47. The fraction of sp³-hybridized carbons (Fsp3) is 1.00. The van der Waals surface area contributed by atoms with Crippen molar-refractivity contribution in [3.05, 3.63) is 0 Å². The van der Waals surface area contributed by atoms with Gasteiger partial charge in [-0.1, -0.05) is 15.9 Å². The predicted molar refractivity (Wildman–Crippen MR) is 47.9 cm³/mol. The molecule has 0 aromatic heterocycles. The van der Waals surface area contributed by atoms with E-state index in [0.29, 0.717) is 6.61 Å². The molecule has 2 N–H and O–H groups in total. The lowest BCUT2D eigenvalue weighted by atomic mass is 9.99. The topological polar surface area (TPSA) is 32.3 Å². The second-order valence-corrected chi connectivity index (χ2v) is 5.38. The Balaban J connectivity index is 2.11. The summed E-state index contributed by atoms with van der Waals surface area (Å²) >= 11 is 3.71. The van der Waals surface area contributed by atoms with Gasteiger partial charge in [0.05, 0.1) is 6.61 Å². The van der Waals surface area contributed by atoms with Gasteiger partial charge in [-0.25, -0.2) is 0 Å². The van der Waals surface area contributed by atoms with Crippen molar-refractivity contribution in [1.82, 2.24) is 5.32 Å². The molecule has 0 spiro atoms. The zero-order chi connectivity index (χ0) is 7.95. The van der Waals surface area contributed by atoms with Crippen LogP contribution < -0.4 is 5.32 Å². The minimum Gasteiger partial charge on any atom is -0.396 e. The molecule has 1 saturated heterocycles. The maximum Gasteiger partial charge on any atom is 0.0501 e. The predicted octanol–water partition coefficient (Wildman–Crippen LogP) is 0.886. The van der Waals surface area contributed by atoms with Gasteiger partial charge in [0.1, 0.15) is 0 Å². The third kappa shape index (κ3) is 1.05. The molecule has 0 bridgehead atoms. The number of rotatable bonds is 1. The number of aliphatic hydroxyl groups is 1. The fourth-order valence-electron chi connectivity index (χ4n) is 2.17. The van der Waals surface area contributed by atoms with Crippen molar-refractivity contribution in [2.75, 3.05) is 19.7 Å². The van der Waals surface area contributed by atoms with Gasteiger partial charge in [0.25, 0.3) is 0 Å². The highest BCUT2D eigenvalue weighted by atomic mass is 79.9. The Morgan fingerprint density at radius 1 is 1.55 bits per heavy atom. The Bertz CT molecular complexity index is 171. The van der Waals surface area contributed by atoms with Crippen molar-refractivity contribution in [2.24, 2.45) is 5.41 Å². The lowest BCUT2D eigenvalue weighted by molar-refractivity contribution is 0.197. The molecule has 2 atom stereocenters. The molecular weight excluding hydrogens is 206 g/mol. The van der Waals surface area contributed by atoms with E-state index in [1.54, 1.807) is 0 Å². The van der Waals surface area contributed by atoms with Crippen LogP contribution in [0.1, 0.15) is 19.3 Å². The van der Waals surface area contributed by atoms with Gasteiger partial charge in [-0.3, -0.25) is 0 Å². The second kappa shape index (κ2) is 2.44. The Kier molecular flexibility index (Phi) is 1.78. The van der Waals surface area contributed by atoms with Crippen LogP contribution in [0.2, 0.25) is 0 Å². The van der Waals surface area contributed by atoms with E-state index in [1.165, 1.54) is 12.8 Å². The highest BCUT2D eigenvalue weighted by molar-refractivity contribution is 9.10. The maximum atomic E-state index is 9.22. The molecule has 1 aliphatic carbocycles. The van der Waals surface area contributed by atoms with E-state index in [2.05, 4.69) is 21.2 Å². The van der Waals surface area contributed by atoms with E-state index < -0.39 is 0 Å². The van der Waals surface area contributed by atoms with Gasteiger partial charge in [0.15, 0.2) is 0 Å². The van der Waals surface area contributed by atoms with Crippen LogP contribution in [0.3, 0.4) is 0 Å². The summed E-state index contributed by atoms with van der Waals surface area (Å²) in [6, 6.07) is 0. The zero-order valence-electron chi connectivity index (χ0n) is 6.57. The van der Waals surface area contributed by atoms with Crippen LogP contribution in [-0.4, -0.2) is 29.1 Å². The molecule has 0 aromatic rings. The molecule has 1 heterocycles. The number of halogens is 1. The number of hydrogen-bond acceptors (Lipinski definition) is 2. The summed E-state index contributed by atoms with van der Waals surface area (Å²) in [7, 11) is 0. The van der Waals surface area contributed by atoms with Gasteiger partial charge < -0.3 is 10.4 Å². The van der Waals surface area contributed by atoms with E-state index in [0.717, 1.165) is 19.5 Å². The minimum absolute atomic E-state index is 0.219. The average Bonchev–Trinajstić information content (AvgIpc) is 2.57. The molecule has 1 saturated carbocycles. The molecule has 3 heteroatoms. The first-order valence-corrected chi connectivity index (χ1v) is 5.02. The molecule has 2 rings (SSSR count). The summed E-state index contributed by atoms with van der Waals surface area (Å²) in [5.41, 5.74) is 0.219. The van der Waals surface area contributed by atoms with Crippen LogP contribution in [0.4, 0.5) is 0 Å². The molecule has 2 nitrogen and oxygen atoms in total. The Morgan fingerprint density at radius 2 is 2.36 bits per heavy atom. The molecule has 1 aliphatic heterocycles. The monoisotopic (exact) mass is 219 g/mol. The molecule has 2 fully saturated rings. The lowest BCUT2D eigenvalue weighted by Crippen LogP contribution is -2.27. The molecule has 2 aliphatic rings. The van der Waals surface area contributed by atoms with Crippen molar-refractivity contribution >= 4 is 15.9 Å². The average molecular weight is 220 g/mol. The largest absolute Gasteiger partial charge is 0.396 e. The van der Waals surface area contributed by atoms with E-state index in [1.807, 2.05) is 0 Å². The first-order chi connectivity index (χ1) is 5.22. The summed E-state index contributed by atoms with van der Waals surface area (Å²) < 4.78 is 0.227. The van der Waals surface area contributed by atoms with Crippen molar-refractivity contribution in [1.29, 1.82) is 0 Å². The first-order valence-electron chi connectivity index (χ1n) is 4.23. The Morgan fingerprint density at radius 3 is 3.09 bits per heavy atom. The zero-order valence-corrected chi connectivity index (χ0v) is 8.15. The minimum atomic E-state index is 0.219. The van der Waals surface area contributed by atoms with Gasteiger partial charge in [-0.2, -0.15) is 0 Å². The molecule has 0 unspecified atom stereocenters. The van der Waals surface area contributed by atoms with Gasteiger partial charge in [-0.15, -0.1) is 0 Å². The van der Waals surface area contributed by atoms with Gasteiger partial charge >= 0.3 is 0 Å². The van der Waals surface area contributed by atoms with Crippen LogP contribution in [0.5, 0.6) is 0 Å². The maximum absolute atomic E-state index is 9.22. The smallest absolute Gasteiger partial charge is 0.0501 e. The normalized spacial score (nSPS) is 49.6. The van der Waals surface area contributed by atoms with Crippen LogP contribution in [0, 0.1) is 5.41 Å². The van der Waals surface area contributed by atoms with Crippen LogP contribution in [-0.2, 0) is 0 Å². The molecule has 0 radical (unpaired) electrons. The van der Waals surface area contributed by atoms with Crippen molar-refractivity contribution in [2.45, 2.75) is 23.6 Å². The van der Waals surface area contributed by atoms with E-state index in [-0.39, 0.29) is 9.74 Å². The second-order valence-electron chi connectivity index (χ2n) is 3.86. The number of alkyl halides is 1. The van der Waals surface area contributed by atoms with Crippen molar-refractivity contribution in [3.8, 4) is 0 Å². The van der Waals surface area contributed by atoms with Crippen LogP contribution in [0.25, 0.3) is 0 Å². The number of fused-ring (bicyclic) bond motifs is 1. The van der Waals surface area contributed by atoms with Gasteiger partial charge in [0, 0.05) is 16.3 Å². The molecule has 11 heavy (non-hydrogen) atoms. The van der Waals surface area contributed by atoms with E-state index >= 15 is 0 Å². The number of hydrogen-bond donors (Lipinski definition) is 2. The quantitative estimate of drug-likeness (QED) is 0.643. The SMILES string of the molecule is OC[C@]12CCCNC[C@@]1(Br)C2. The highest BCUT2D eigenvalue weighted by Crippen LogP contribution is 2.64. The third-order valence-corrected chi connectivity index (χ3v) is 4.56. The molecular formula is C8H14BrNO. The summed E-state index contributed by atoms with van der Waals surface area (Å²) in [5, 5.41) is 12.6. The van der Waals surface area contributed by atoms with E-state index in [9.17, 15) is 5.11 Å². The fourth-order valence-corrected chi connectivity index (χ4v) is 3.23. The Labute approximate surface area is 75.5 Å². The third-order valence-electron chi connectivity index (χ3n) is 3.16. The molecule has 64 valence electrons. The number of nitrogens with one attached hydrogen (secondary N) is 1. The molecule has 0 amide bonds. The standard InChI is InChI=1S/C8H14BrNO/c9-8-4-7(8,6-11)2-1-3-10-5-8/h10-11H,1-6H2/t7-,8+/m1/s1. The summed E-state index contributed by atoms with van der Waals surface area (Å²) in [4.78, 5) is 0. The molecule has 0 aromatic carbocycles. The van der Waals surface area contributed by atoms with E-state index in [4.69, 9.17) is 0 Å². The van der Waals surface area contributed by atoms with Crippen molar-refractivity contribution < 1.29 is 5.11 Å². The van der Waals surface area contributed by atoms with Crippen LogP contribution in [0.15, 0.2) is 0 Å².